The van der Waals surface area contributed by atoms with Gasteiger partial charge in [0.2, 0.25) is 15.9 Å². The van der Waals surface area contributed by atoms with E-state index in [1.165, 1.54) is 4.31 Å². The van der Waals surface area contributed by atoms with Crippen LogP contribution in [0.3, 0.4) is 0 Å². The summed E-state index contributed by atoms with van der Waals surface area (Å²) in [6, 6.07) is 0.0283. The van der Waals surface area contributed by atoms with Crippen molar-refractivity contribution in [1.29, 1.82) is 0 Å². The molecule has 0 saturated carbocycles. The number of amides is 1. The number of hydrogen-bond acceptors (Lipinski definition) is 3. The van der Waals surface area contributed by atoms with Gasteiger partial charge in [0.05, 0.1) is 12.8 Å². The van der Waals surface area contributed by atoms with Gasteiger partial charge in [-0.25, -0.2) is 8.42 Å². The summed E-state index contributed by atoms with van der Waals surface area (Å²) >= 11 is 0. The maximum atomic E-state index is 11.4. The fourth-order valence-corrected chi connectivity index (χ4v) is 2.01. The normalized spacial score (nSPS) is 12.1. The molecule has 6 heteroatoms. The van der Waals surface area contributed by atoms with Crippen molar-refractivity contribution in [2.45, 2.75) is 33.2 Å². The highest BCUT2D eigenvalue weighted by Crippen LogP contribution is 1.99. The molecule has 0 bridgehead atoms. The fourth-order valence-electron chi connectivity index (χ4n) is 1.14. The number of carbonyl (C=O) groups is 1. The lowest BCUT2D eigenvalue weighted by molar-refractivity contribution is -0.121. The number of nitrogens with zero attached hydrogens (tertiary/aromatic N) is 1. The van der Waals surface area contributed by atoms with Crippen molar-refractivity contribution in [1.82, 2.24) is 9.62 Å². The van der Waals surface area contributed by atoms with E-state index in [-0.39, 0.29) is 18.5 Å². The summed E-state index contributed by atoms with van der Waals surface area (Å²) < 4.78 is 23.8. The Kier molecular flexibility index (Phi) is 5.82. The summed E-state index contributed by atoms with van der Waals surface area (Å²) in [5.74, 6) is -0.260. The van der Waals surface area contributed by atoms with Gasteiger partial charge in [-0.05, 0) is 20.3 Å². The predicted molar refractivity (Wildman–Crippen MR) is 60.0 cm³/mol. The Hall–Kier alpha value is -0.620. The van der Waals surface area contributed by atoms with E-state index in [4.69, 9.17) is 0 Å². The van der Waals surface area contributed by atoms with Gasteiger partial charge in [0.1, 0.15) is 0 Å². The molecule has 0 fully saturated rings. The molecular formula is C9H20N2O3S. The van der Waals surface area contributed by atoms with Crippen LogP contribution in [-0.2, 0) is 14.8 Å². The van der Waals surface area contributed by atoms with E-state index in [0.29, 0.717) is 13.0 Å². The Morgan fingerprint density at radius 3 is 2.27 bits per heavy atom. The zero-order valence-corrected chi connectivity index (χ0v) is 10.6. The average Bonchev–Trinajstić information content (AvgIpc) is 2.00. The standard InChI is InChI=1S/C9H20N2O3S/c1-5-6-11(15(4,13)14)7-9(12)10-8(2)3/h8H,5-7H2,1-4H3,(H,10,12). The molecule has 0 aromatic carbocycles. The number of rotatable bonds is 6. The molecule has 0 rings (SSSR count). The van der Waals surface area contributed by atoms with E-state index in [1.54, 1.807) is 0 Å². The summed E-state index contributed by atoms with van der Waals surface area (Å²) in [5.41, 5.74) is 0. The monoisotopic (exact) mass is 236 g/mol. The maximum absolute atomic E-state index is 11.4. The minimum absolute atomic E-state index is 0.0283. The predicted octanol–water partition coefficient (Wildman–Crippen LogP) is 0.183. The van der Waals surface area contributed by atoms with Crippen LogP contribution in [0.2, 0.25) is 0 Å². The van der Waals surface area contributed by atoms with Crippen molar-refractivity contribution >= 4 is 15.9 Å². The average molecular weight is 236 g/mol. The summed E-state index contributed by atoms with van der Waals surface area (Å²) in [4.78, 5) is 11.4. The van der Waals surface area contributed by atoms with Crippen LogP contribution in [0.25, 0.3) is 0 Å². The van der Waals surface area contributed by atoms with Crippen LogP contribution in [0.1, 0.15) is 27.2 Å². The van der Waals surface area contributed by atoms with Gasteiger partial charge in [-0.2, -0.15) is 4.31 Å². The van der Waals surface area contributed by atoms with Crippen LogP contribution in [0, 0.1) is 0 Å². The number of hydrogen-bond donors (Lipinski definition) is 1. The van der Waals surface area contributed by atoms with Gasteiger partial charge in [-0.1, -0.05) is 6.92 Å². The molecule has 0 spiro atoms. The third-order valence-corrected chi connectivity index (χ3v) is 2.96. The van der Waals surface area contributed by atoms with Crippen LogP contribution >= 0.6 is 0 Å². The molecule has 90 valence electrons. The SMILES string of the molecule is CCCN(CC(=O)NC(C)C)S(C)(=O)=O. The molecule has 0 aromatic heterocycles. The molecule has 1 amide bonds. The van der Waals surface area contributed by atoms with Crippen LogP contribution in [-0.4, -0.2) is 44.0 Å². The molecule has 0 heterocycles. The molecule has 15 heavy (non-hydrogen) atoms. The minimum Gasteiger partial charge on any atom is -0.353 e. The van der Waals surface area contributed by atoms with E-state index >= 15 is 0 Å². The molecule has 0 atom stereocenters. The summed E-state index contributed by atoms with van der Waals surface area (Å²) in [7, 11) is -3.29. The lowest BCUT2D eigenvalue weighted by Gasteiger charge is -2.19. The molecule has 0 saturated heterocycles. The van der Waals surface area contributed by atoms with Crippen molar-refractivity contribution in [3.05, 3.63) is 0 Å². The number of carbonyl (C=O) groups excluding carboxylic acids is 1. The van der Waals surface area contributed by atoms with Crippen molar-refractivity contribution in [2.75, 3.05) is 19.3 Å². The maximum Gasteiger partial charge on any atom is 0.235 e. The van der Waals surface area contributed by atoms with E-state index in [1.807, 2.05) is 20.8 Å². The summed E-state index contributed by atoms with van der Waals surface area (Å²) in [5, 5.41) is 2.66. The highest BCUT2D eigenvalue weighted by Gasteiger charge is 2.19. The Bertz CT molecular complexity index is 298. The van der Waals surface area contributed by atoms with Crippen molar-refractivity contribution in [3.8, 4) is 0 Å². The minimum atomic E-state index is -3.29. The fraction of sp³-hybridized carbons (Fsp3) is 0.889. The lowest BCUT2D eigenvalue weighted by atomic mass is 10.4. The van der Waals surface area contributed by atoms with Gasteiger partial charge in [-0.15, -0.1) is 0 Å². The van der Waals surface area contributed by atoms with Crippen LogP contribution in [0.15, 0.2) is 0 Å². The van der Waals surface area contributed by atoms with E-state index in [2.05, 4.69) is 5.32 Å². The van der Waals surface area contributed by atoms with Gasteiger partial charge < -0.3 is 5.32 Å². The second-order valence-electron chi connectivity index (χ2n) is 3.82. The van der Waals surface area contributed by atoms with Crippen LogP contribution in [0.4, 0.5) is 0 Å². The van der Waals surface area contributed by atoms with Gasteiger partial charge in [-0.3, -0.25) is 4.79 Å². The summed E-state index contributed by atoms with van der Waals surface area (Å²) in [6.07, 6.45) is 1.81. The van der Waals surface area contributed by atoms with Gasteiger partial charge in [0, 0.05) is 12.6 Å². The van der Waals surface area contributed by atoms with Gasteiger partial charge in [0.25, 0.3) is 0 Å². The Morgan fingerprint density at radius 1 is 1.40 bits per heavy atom. The topological polar surface area (TPSA) is 66.5 Å². The Balaban J connectivity index is 4.36. The second-order valence-corrected chi connectivity index (χ2v) is 5.80. The Labute approximate surface area is 91.9 Å². The van der Waals surface area contributed by atoms with E-state index < -0.39 is 10.0 Å². The largest absolute Gasteiger partial charge is 0.353 e. The molecule has 1 N–H and O–H groups in total. The first-order valence-electron chi connectivity index (χ1n) is 5.01. The van der Waals surface area contributed by atoms with E-state index in [9.17, 15) is 13.2 Å². The molecule has 5 nitrogen and oxygen atoms in total. The highest BCUT2D eigenvalue weighted by atomic mass is 32.2. The molecular weight excluding hydrogens is 216 g/mol. The molecule has 0 aliphatic heterocycles. The zero-order valence-electron chi connectivity index (χ0n) is 9.78. The van der Waals surface area contributed by atoms with Gasteiger partial charge in [0.15, 0.2) is 0 Å². The number of nitrogens with one attached hydrogen (secondary N) is 1. The lowest BCUT2D eigenvalue weighted by Crippen LogP contribution is -2.42. The third kappa shape index (κ3) is 6.46. The zero-order chi connectivity index (χ0) is 12.1. The Morgan fingerprint density at radius 2 is 1.93 bits per heavy atom. The molecule has 0 aliphatic rings. The van der Waals surface area contributed by atoms with Crippen LogP contribution < -0.4 is 5.32 Å². The smallest absolute Gasteiger partial charge is 0.235 e. The summed E-state index contributed by atoms with van der Waals surface area (Å²) in [6.45, 7) is 5.83. The van der Waals surface area contributed by atoms with Gasteiger partial charge >= 0.3 is 0 Å². The first kappa shape index (κ1) is 14.4. The molecule has 0 radical (unpaired) electrons. The van der Waals surface area contributed by atoms with Crippen LogP contribution in [0.5, 0.6) is 0 Å². The highest BCUT2D eigenvalue weighted by molar-refractivity contribution is 7.88. The van der Waals surface area contributed by atoms with E-state index in [0.717, 1.165) is 6.26 Å². The molecule has 0 unspecified atom stereocenters. The second kappa shape index (κ2) is 6.07. The van der Waals surface area contributed by atoms with Crippen molar-refractivity contribution in [3.63, 3.8) is 0 Å². The van der Waals surface area contributed by atoms with Crippen molar-refractivity contribution in [2.24, 2.45) is 0 Å². The van der Waals surface area contributed by atoms with Crippen molar-refractivity contribution < 1.29 is 13.2 Å². The quantitative estimate of drug-likeness (QED) is 0.715. The molecule has 0 aromatic rings. The first-order chi connectivity index (χ1) is 6.77. The third-order valence-electron chi connectivity index (χ3n) is 1.71. The first-order valence-corrected chi connectivity index (χ1v) is 6.86. The molecule has 0 aliphatic carbocycles. The number of sulfonamides is 1.